The van der Waals surface area contributed by atoms with Crippen molar-refractivity contribution in [1.29, 1.82) is 5.26 Å². The van der Waals surface area contributed by atoms with Crippen LogP contribution in [0.25, 0.3) is 44.4 Å². The van der Waals surface area contributed by atoms with E-state index < -0.39 is 12.1 Å². The molecule has 3 aromatic carbocycles. The summed E-state index contributed by atoms with van der Waals surface area (Å²) in [6.45, 7) is 7.63. The smallest absolute Gasteiger partial charge is 0.407 e. The average Bonchev–Trinajstić information content (AvgIpc) is 3.48. The molecule has 2 aromatic heterocycles. The van der Waals surface area contributed by atoms with Gasteiger partial charge in [0.25, 0.3) is 0 Å². The fourth-order valence-corrected chi connectivity index (χ4v) is 7.09. The van der Waals surface area contributed by atoms with Gasteiger partial charge in [0.15, 0.2) is 0 Å². The number of rotatable bonds is 11. The summed E-state index contributed by atoms with van der Waals surface area (Å²) >= 11 is 0. The van der Waals surface area contributed by atoms with Gasteiger partial charge >= 0.3 is 6.09 Å². The molecule has 262 valence electrons. The minimum atomic E-state index is -0.671. The fourth-order valence-electron chi connectivity index (χ4n) is 7.09. The fraction of sp³-hybridized carbons (Fsp3) is 0.375. The molecule has 1 spiro atoms. The maximum atomic E-state index is 13.8. The van der Waals surface area contributed by atoms with Gasteiger partial charge in [-0.15, -0.1) is 0 Å². The Kier molecular flexibility index (Phi) is 9.36. The van der Waals surface area contributed by atoms with Crippen LogP contribution in [-0.2, 0) is 16.1 Å². The summed E-state index contributed by atoms with van der Waals surface area (Å²) in [6.07, 6.45) is 6.16. The second kappa shape index (κ2) is 14.0. The Bertz CT molecular complexity index is 2090. The summed E-state index contributed by atoms with van der Waals surface area (Å²) < 4.78 is 4.81. The van der Waals surface area contributed by atoms with Crippen LogP contribution in [0.2, 0.25) is 0 Å². The zero-order valence-electron chi connectivity index (χ0n) is 29.5. The molecule has 51 heavy (non-hydrogen) atoms. The lowest BCUT2D eigenvalue weighted by Gasteiger charge is -2.30. The molecule has 11 heteroatoms. The van der Waals surface area contributed by atoms with Crippen molar-refractivity contribution < 1.29 is 14.3 Å². The monoisotopic (exact) mass is 684 g/mol. The molecule has 1 saturated heterocycles. The molecular weight excluding hydrogens is 640 g/mol. The molecular formula is C40H44N8O3. The molecule has 0 radical (unpaired) electrons. The summed E-state index contributed by atoms with van der Waals surface area (Å²) in [4.78, 5) is 44.0. The van der Waals surface area contributed by atoms with Gasteiger partial charge < -0.3 is 30.2 Å². The summed E-state index contributed by atoms with van der Waals surface area (Å²) in [7, 11) is 1.31. The van der Waals surface area contributed by atoms with Crippen LogP contribution in [0.1, 0.15) is 57.7 Å². The van der Waals surface area contributed by atoms with E-state index in [1.54, 1.807) is 0 Å². The number of ether oxygens (including phenoxy) is 1. The zero-order chi connectivity index (χ0) is 35.7. The molecule has 0 unspecified atom stereocenters. The lowest BCUT2D eigenvalue weighted by atomic mass is 9.98. The number of aromatic nitrogens is 4. The zero-order valence-corrected chi connectivity index (χ0v) is 29.5. The quantitative estimate of drug-likeness (QED) is 0.117. The van der Waals surface area contributed by atoms with Crippen LogP contribution in [0.3, 0.4) is 0 Å². The number of alkyl carbamates (subject to hydrolysis) is 1. The number of methoxy groups -OCH3 is 1. The van der Waals surface area contributed by atoms with Crippen molar-refractivity contribution in [3.05, 3.63) is 84.7 Å². The maximum absolute atomic E-state index is 13.8. The van der Waals surface area contributed by atoms with Crippen LogP contribution >= 0.6 is 0 Å². The first-order chi connectivity index (χ1) is 24.6. The van der Waals surface area contributed by atoms with Crippen molar-refractivity contribution in [3.63, 3.8) is 0 Å². The molecule has 2 amide bonds. The number of carbonyl (C=O) groups excluding carboxylic acids is 2. The van der Waals surface area contributed by atoms with E-state index in [4.69, 9.17) is 15.0 Å². The van der Waals surface area contributed by atoms with Crippen LogP contribution < -0.4 is 10.6 Å². The first kappa shape index (κ1) is 34.0. The van der Waals surface area contributed by atoms with Crippen molar-refractivity contribution in [1.82, 2.24) is 35.5 Å². The largest absolute Gasteiger partial charge is 0.453 e. The molecule has 0 bridgehead atoms. The number of nitrogens with one attached hydrogen (secondary N) is 4. The molecule has 2 aliphatic rings. The molecule has 3 heterocycles. The Balaban J connectivity index is 1.05. The van der Waals surface area contributed by atoms with Crippen molar-refractivity contribution in [3.8, 4) is 39.7 Å². The van der Waals surface area contributed by atoms with Gasteiger partial charge in [-0.1, -0.05) is 62.4 Å². The highest BCUT2D eigenvalue weighted by Crippen LogP contribution is 2.58. The SMILES string of the molecule is COC(=O)N[C@H](C(=O)N1CC2(CC2)C[C@H]1c1ncc(-c2ccc3cc(-c4ccc(-c5cnc(CNC[C@H](C)C#N)[nH]5)cc4)ccc3c2)[nH]1)C(C)C. The summed E-state index contributed by atoms with van der Waals surface area (Å²) in [5.74, 6) is 1.38. The molecule has 4 N–H and O–H groups in total. The average molecular weight is 685 g/mol. The van der Waals surface area contributed by atoms with Gasteiger partial charge in [-0.05, 0) is 77.1 Å². The first-order valence-electron chi connectivity index (χ1n) is 17.6. The minimum Gasteiger partial charge on any atom is -0.453 e. The van der Waals surface area contributed by atoms with E-state index in [2.05, 4.69) is 92.3 Å². The number of fused-ring (bicyclic) bond motifs is 1. The molecule has 7 rings (SSSR count). The summed E-state index contributed by atoms with van der Waals surface area (Å²) in [5, 5.41) is 17.2. The van der Waals surface area contributed by atoms with Crippen LogP contribution in [0, 0.1) is 28.6 Å². The van der Waals surface area contributed by atoms with E-state index in [9.17, 15) is 9.59 Å². The molecule has 3 atom stereocenters. The molecule has 1 aliphatic carbocycles. The number of nitrogens with zero attached hydrogens (tertiary/aromatic N) is 4. The normalized spacial score (nSPS) is 17.4. The van der Waals surface area contributed by atoms with Crippen LogP contribution in [0.15, 0.2) is 73.1 Å². The van der Waals surface area contributed by atoms with E-state index in [1.807, 2.05) is 38.1 Å². The molecule has 5 aromatic rings. The van der Waals surface area contributed by atoms with Crippen LogP contribution in [0.4, 0.5) is 4.79 Å². The first-order valence-corrected chi connectivity index (χ1v) is 17.6. The van der Waals surface area contributed by atoms with Crippen LogP contribution in [-0.4, -0.2) is 63.1 Å². The highest BCUT2D eigenvalue weighted by molar-refractivity contribution is 5.91. The second-order valence-corrected chi connectivity index (χ2v) is 14.5. The van der Waals surface area contributed by atoms with Gasteiger partial charge in [0.1, 0.15) is 17.7 Å². The number of hydrogen-bond acceptors (Lipinski definition) is 7. The van der Waals surface area contributed by atoms with E-state index >= 15 is 0 Å². The van der Waals surface area contributed by atoms with Crippen LogP contribution in [0.5, 0.6) is 0 Å². The third-order valence-electron chi connectivity index (χ3n) is 10.3. The third kappa shape index (κ3) is 7.23. The second-order valence-electron chi connectivity index (χ2n) is 14.5. The third-order valence-corrected chi connectivity index (χ3v) is 10.3. The van der Waals surface area contributed by atoms with Crippen molar-refractivity contribution in [2.24, 2.45) is 17.3 Å². The van der Waals surface area contributed by atoms with Gasteiger partial charge in [0.2, 0.25) is 5.91 Å². The predicted molar refractivity (Wildman–Crippen MR) is 196 cm³/mol. The molecule has 11 nitrogen and oxygen atoms in total. The Labute approximate surface area is 297 Å². The number of hydrogen-bond donors (Lipinski definition) is 4. The number of imidazole rings is 2. The molecule has 1 aliphatic heterocycles. The topological polar surface area (TPSA) is 152 Å². The number of aromatic amines is 2. The predicted octanol–water partition coefficient (Wildman–Crippen LogP) is 6.97. The van der Waals surface area contributed by atoms with E-state index in [0.717, 1.165) is 75.3 Å². The Morgan fingerprint density at radius 1 is 0.941 bits per heavy atom. The maximum Gasteiger partial charge on any atom is 0.407 e. The summed E-state index contributed by atoms with van der Waals surface area (Å²) in [6, 6.07) is 22.7. The number of amides is 2. The standard InChI is InChI=1S/C40H44N8O3/c1-24(2)36(47-39(50)51-4)38(49)48-23-40(13-14-40)17-34(48)37-44-21-33(46-37)31-12-11-29-15-28(9-10-30(29)16-31)26-5-7-27(8-6-26)32-20-43-35(45-32)22-42-19-25(3)18-41/h5-12,15-16,20-21,24-25,34,36,42H,13-14,17,19,22-23H2,1-4H3,(H,43,45)(H,44,46)(H,47,50)/t25-,34+,36+/m1/s1. The molecule has 2 fully saturated rings. The Morgan fingerprint density at radius 3 is 2.27 bits per heavy atom. The van der Waals surface area contributed by atoms with E-state index in [0.29, 0.717) is 19.6 Å². The van der Waals surface area contributed by atoms with Crippen molar-refractivity contribution >= 4 is 22.8 Å². The van der Waals surface area contributed by atoms with Crippen molar-refractivity contribution in [2.45, 2.75) is 58.7 Å². The Hall–Kier alpha value is -5.47. The lowest BCUT2D eigenvalue weighted by Crippen LogP contribution is -2.51. The molecule has 1 saturated carbocycles. The van der Waals surface area contributed by atoms with Gasteiger partial charge in [-0.3, -0.25) is 4.79 Å². The van der Waals surface area contributed by atoms with Gasteiger partial charge in [-0.25, -0.2) is 14.8 Å². The number of benzene rings is 3. The number of likely N-dealkylation sites (tertiary alicyclic amines) is 1. The Morgan fingerprint density at radius 2 is 1.59 bits per heavy atom. The van der Waals surface area contributed by atoms with Gasteiger partial charge in [0.05, 0.1) is 55.5 Å². The number of H-pyrrole nitrogens is 2. The van der Waals surface area contributed by atoms with Crippen molar-refractivity contribution in [2.75, 3.05) is 20.2 Å². The van der Waals surface area contributed by atoms with Gasteiger partial charge in [0, 0.05) is 18.7 Å². The minimum absolute atomic E-state index is 0.0415. The number of nitriles is 1. The van der Waals surface area contributed by atoms with E-state index in [1.165, 1.54) is 7.11 Å². The highest BCUT2D eigenvalue weighted by atomic mass is 16.5. The lowest BCUT2D eigenvalue weighted by molar-refractivity contribution is -0.135. The van der Waals surface area contributed by atoms with Gasteiger partial charge in [-0.2, -0.15) is 5.26 Å². The highest BCUT2D eigenvalue weighted by Gasteiger charge is 2.55. The summed E-state index contributed by atoms with van der Waals surface area (Å²) in [5.41, 5.74) is 6.33. The number of carbonyl (C=O) groups is 2. The van der Waals surface area contributed by atoms with E-state index in [-0.39, 0.29) is 29.2 Å².